The Morgan fingerprint density at radius 2 is 1.45 bits per heavy atom. The number of rotatable bonds is 7. The van der Waals surface area contributed by atoms with E-state index >= 15 is 0 Å². The third-order valence-electron chi connectivity index (χ3n) is 4.51. The first kappa shape index (κ1) is 19.9. The van der Waals surface area contributed by atoms with Gasteiger partial charge in [-0.1, -0.05) is 30.3 Å². The maximum absolute atomic E-state index is 11.6. The molecule has 7 nitrogen and oxygen atoms in total. The van der Waals surface area contributed by atoms with Gasteiger partial charge in [0.05, 0.1) is 0 Å². The molecule has 4 aromatic rings. The van der Waals surface area contributed by atoms with Crippen LogP contribution in [0.5, 0.6) is 11.5 Å². The van der Waals surface area contributed by atoms with E-state index in [-0.39, 0.29) is 5.78 Å². The van der Waals surface area contributed by atoms with Gasteiger partial charge in [0.25, 0.3) is 0 Å². The van der Waals surface area contributed by atoms with Gasteiger partial charge in [-0.15, -0.1) is 0 Å². The van der Waals surface area contributed by atoms with Gasteiger partial charge in [-0.25, -0.2) is 9.97 Å². The lowest BCUT2D eigenvalue weighted by atomic mass is 10.1. The van der Waals surface area contributed by atoms with Crippen molar-refractivity contribution >= 4 is 34.5 Å². The number of Topliss-reactive ketones (excluding diaryl/α,β-unsaturated/α-hetero) is 1. The highest BCUT2D eigenvalue weighted by molar-refractivity contribution is 5.95. The fourth-order valence-corrected chi connectivity index (χ4v) is 2.92. The molecule has 3 aromatic carbocycles. The molecule has 0 aliphatic heterocycles. The molecule has 1 heterocycles. The number of hydrogen-bond donors (Lipinski definition) is 3. The van der Waals surface area contributed by atoms with Crippen LogP contribution >= 0.6 is 0 Å². The number of ether oxygens (including phenoxy) is 1. The van der Waals surface area contributed by atoms with Crippen molar-refractivity contribution in [2.24, 2.45) is 0 Å². The summed E-state index contributed by atoms with van der Waals surface area (Å²) >= 11 is 0. The molecule has 0 fully saturated rings. The highest BCUT2D eigenvalue weighted by Crippen LogP contribution is 2.29. The first-order valence-electron chi connectivity index (χ1n) is 9.67. The predicted molar refractivity (Wildman–Crippen MR) is 122 cm³/mol. The molecule has 0 spiro atoms. The number of nitrogens with one attached hydrogen (secondary N) is 2. The molecule has 4 rings (SSSR count). The summed E-state index contributed by atoms with van der Waals surface area (Å²) in [6.07, 6.45) is 1.42. The van der Waals surface area contributed by atoms with E-state index in [0.29, 0.717) is 28.6 Å². The Bertz CT molecular complexity index is 1190. The fourth-order valence-electron chi connectivity index (χ4n) is 2.92. The molecule has 31 heavy (non-hydrogen) atoms. The number of benzene rings is 3. The minimum atomic E-state index is -0.0126. The lowest BCUT2D eigenvalue weighted by Gasteiger charge is -2.13. The molecule has 0 atom stereocenters. The number of anilines is 5. The molecule has 7 heteroatoms. The summed E-state index contributed by atoms with van der Waals surface area (Å²) in [6.45, 7) is 1.52. The maximum Gasteiger partial charge on any atom is 0.159 e. The Kier molecular flexibility index (Phi) is 5.75. The first-order chi connectivity index (χ1) is 15.1. The van der Waals surface area contributed by atoms with Crippen LogP contribution in [-0.2, 0) is 0 Å². The number of ketones is 1. The van der Waals surface area contributed by atoms with Crippen LogP contribution in [0, 0.1) is 0 Å². The van der Waals surface area contributed by atoms with E-state index in [0.717, 1.165) is 17.2 Å². The predicted octanol–water partition coefficient (Wildman–Crippen LogP) is 5.54. The number of carbonyl (C=O) groups is 1. The lowest BCUT2D eigenvalue weighted by molar-refractivity contribution is 0.101. The van der Waals surface area contributed by atoms with Crippen molar-refractivity contribution in [1.82, 2.24) is 9.97 Å². The zero-order chi connectivity index (χ0) is 21.6. The van der Waals surface area contributed by atoms with Crippen molar-refractivity contribution in [3.8, 4) is 11.5 Å². The smallest absolute Gasteiger partial charge is 0.159 e. The summed E-state index contributed by atoms with van der Waals surface area (Å²) in [4.78, 5) is 20.1. The molecule has 0 aliphatic rings. The summed E-state index contributed by atoms with van der Waals surface area (Å²) in [6, 6.07) is 24.2. The van der Waals surface area contributed by atoms with Crippen molar-refractivity contribution in [3.63, 3.8) is 0 Å². The average Bonchev–Trinajstić information content (AvgIpc) is 2.79. The molecule has 0 aliphatic carbocycles. The largest absolute Gasteiger partial charge is 0.457 e. The van der Waals surface area contributed by atoms with Crippen LogP contribution in [0.15, 0.2) is 85.2 Å². The number of nitrogen functional groups attached to an aromatic ring is 1. The molecule has 154 valence electrons. The molecule has 1 aromatic heterocycles. The van der Waals surface area contributed by atoms with Crippen molar-refractivity contribution in [1.29, 1.82) is 0 Å². The second-order valence-corrected chi connectivity index (χ2v) is 6.81. The molecular formula is C24H21N5O2. The van der Waals surface area contributed by atoms with Crippen molar-refractivity contribution in [2.45, 2.75) is 6.92 Å². The van der Waals surface area contributed by atoms with Gasteiger partial charge in [0.15, 0.2) is 17.4 Å². The Balaban J connectivity index is 1.48. The SMILES string of the molecule is CC(=O)c1cccc(Nc2ncnc(Nc3ccc(Oc4ccccc4)cc3)c2N)c1. The number of aromatic nitrogens is 2. The summed E-state index contributed by atoms with van der Waals surface area (Å²) < 4.78 is 5.81. The Hall–Kier alpha value is -4.39. The topological polar surface area (TPSA) is 102 Å². The van der Waals surface area contributed by atoms with E-state index in [1.54, 1.807) is 18.2 Å². The van der Waals surface area contributed by atoms with Crippen LogP contribution in [-0.4, -0.2) is 15.8 Å². The standard InChI is InChI=1S/C24H21N5O2/c1-16(30)17-6-5-7-19(14-17)29-24-22(25)23(26-15-27-24)28-18-10-12-21(13-11-18)31-20-8-3-2-4-9-20/h2-15H,25H2,1H3,(H2,26,27,28,29). The Labute approximate surface area is 179 Å². The van der Waals surface area contributed by atoms with Gasteiger partial charge in [-0.3, -0.25) is 4.79 Å². The highest BCUT2D eigenvalue weighted by atomic mass is 16.5. The third-order valence-corrected chi connectivity index (χ3v) is 4.51. The minimum absolute atomic E-state index is 0.0126. The van der Waals surface area contributed by atoms with Gasteiger partial charge < -0.3 is 21.1 Å². The number of para-hydroxylation sites is 1. The lowest BCUT2D eigenvalue weighted by Crippen LogP contribution is -2.05. The van der Waals surface area contributed by atoms with Crippen molar-refractivity contribution in [2.75, 3.05) is 16.4 Å². The monoisotopic (exact) mass is 411 g/mol. The van der Waals surface area contributed by atoms with E-state index in [9.17, 15) is 4.79 Å². The molecule has 0 radical (unpaired) electrons. The van der Waals surface area contributed by atoms with Gasteiger partial charge in [0, 0.05) is 16.9 Å². The third kappa shape index (κ3) is 4.97. The van der Waals surface area contributed by atoms with Gasteiger partial charge in [-0.2, -0.15) is 0 Å². The maximum atomic E-state index is 11.6. The number of nitrogens with two attached hydrogens (primary N) is 1. The van der Waals surface area contributed by atoms with Crippen molar-refractivity contribution < 1.29 is 9.53 Å². The second kappa shape index (κ2) is 8.96. The average molecular weight is 411 g/mol. The van der Waals surface area contributed by atoms with Crippen LogP contribution in [0.2, 0.25) is 0 Å². The Morgan fingerprint density at radius 3 is 2.13 bits per heavy atom. The van der Waals surface area contributed by atoms with Gasteiger partial charge in [0.1, 0.15) is 23.5 Å². The van der Waals surface area contributed by atoms with Crippen LogP contribution in [0.3, 0.4) is 0 Å². The van der Waals surface area contributed by atoms with Gasteiger partial charge in [0.2, 0.25) is 0 Å². The quantitative estimate of drug-likeness (QED) is 0.343. The first-order valence-corrected chi connectivity index (χ1v) is 9.67. The summed E-state index contributed by atoms with van der Waals surface area (Å²) in [5, 5.41) is 6.34. The molecule has 4 N–H and O–H groups in total. The van der Waals surface area contributed by atoms with Crippen LogP contribution < -0.4 is 21.1 Å². The Morgan fingerprint density at radius 1 is 0.806 bits per heavy atom. The number of carbonyl (C=O) groups excluding carboxylic acids is 1. The summed E-state index contributed by atoms with van der Waals surface area (Å²) in [7, 11) is 0. The molecule has 0 bridgehead atoms. The van der Waals surface area contributed by atoms with Crippen LogP contribution in [0.1, 0.15) is 17.3 Å². The fraction of sp³-hybridized carbons (Fsp3) is 0.0417. The van der Waals surface area contributed by atoms with E-state index in [4.69, 9.17) is 10.5 Å². The highest BCUT2D eigenvalue weighted by Gasteiger charge is 2.10. The molecular weight excluding hydrogens is 390 g/mol. The number of hydrogen-bond acceptors (Lipinski definition) is 7. The minimum Gasteiger partial charge on any atom is -0.457 e. The zero-order valence-corrected chi connectivity index (χ0v) is 16.9. The van der Waals surface area contributed by atoms with Crippen molar-refractivity contribution in [3.05, 3.63) is 90.8 Å². The molecule has 0 unspecified atom stereocenters. The second-order valence-electron chi connectivity index (χ2n) is 6.81. The summed E-state index contributed by atoms with van der Waals surface area (Å²) in [5.74, 6) is 2.40. The van der Waals surface area contributed by atoms with Gasteiger partial charge in [-0.05, 0) is 55.5 Å². The van der Waals surface area contributed by atoms with E-state index in [1.807, 2.05) is 60.7 Å². The number of nitrogens with zero attached hydrogens (tertiary/aromatic N) is 2. The van der Waals surface area contributed by atoms with Crippen LogP contribution in [0.4, 0.5) is 28.7 Å². The van der Waals surface area contributed by atoms with Gasteiger partial charge >= 0.3 is 0 Å². The molecule has 0 saturated heterocycles. The van der Waals surface area contributed by atoms with E-state index in [2.05, 4.69) is 20.6 Å². The normalized spacial score (nSPS) is 10.4. The molecule has 0 amide bonds. The summed E-state index contributed by atoms with van der Waals surface area (Å²) in [5.41, 5.74) is 8.75. The van der Waals surface area contributed by atoms with Crippen LogP contribution in [0.25, 0.3) is 0 Å². The molecule has 0 saturated carbocycles. The van der Waals surface area contributed by atoms with E-state index < -0.39 is 0 Å². The zero-order valence-electron chi connectivity index (χ0n) is 16.9. The van der Waals surface area contributed by atoms with E-state index in [1.165, 1.54) is 13.3 Å².